The van der Waals surface area contributed by atoms with Gasteiger partial charge in [-0.05, 0) is 50.1 Å². The van der Waals surface area contributed by atoms with Gasteiger partial charge in [0.1, 0.15) is 17.9 Å². The van der Waals surface area contributed by atoms with Crippen molar-refractivity contribution < 1.29 is 14.1 Å². The van der Waals surface area contributed by atoms with Gasteiger partial charge in [-0.25, -0.2) is 4.79 Å². The zero-order valence-corrected chi connectivity index (χ0v) is 16.6. The van der Waals surface area contributed by atoms with E-state index in [1.807, 2.05) is 32.9 Å². The van der Waals surface area contributed by atoms with E-state index in [0.29, 0.717) is 17.9 Å². The van der Waals surface area contributed by atoms with E-state index in [2.05, 4.69) is 18.2 Å². The lowest BCUT2D eigenvalue weighted by Gasteiger charge is -2.27. The number of ether oxygens (including phenoxy) is 1. The molecule has 0 radical (unpaired) electrons. The summed E-state index contributed by atoms with van der Waals surface area (Å²) in [5, 5.41) is 1.77. The number of nitrogens with one attached hydrogen (secondary N) is 1. The first-order valence-electron chi connectivity index (χ1n) is 9.21. The predicted octanol–water partition coefficient (Wildman–Crippen LogP) is 3.35. The maximum absolute atomic E-state index is 12.0. The Morgan fingerprint density at radius 2 is 1.81 bits per heavy atom. The number of rotatable bonds is 3. The normalized spacial score (nSPS) is 16.2. The molecule has 1 atom stereocenters. The van der Waals surface area contributed by atoms with Crippen LogP contribution in [0.3, 0.4) is 0 Å². The molecule has 0 bridgehead atoms. The monoisotopic (exact) mass is 384 g/mol. The van der Waals surface area contributed by atoms with Gasteiger partial charge in [0.15, 0.2) is 0 Å². The second kappa shape index (κ2) is 7.02. The van der Waals surface area contributed by atoms with Crippen LogP contribution in [0.4, 0.5) is 0 Å². The molecule has 27 heavy (non-hydrogen) atoms. The first-order chi connectivity index (χ1) is 12.9. The largest absolute Gasteiger partial charge is 0.444 e. The van der Waals surface area contributed by atoms with Gasteiger partial charge in [0.05, 0.1) is 6.54 Å². The van der Waals surface area contributed by atoms with Crippen LogP contribution in [0.25, 0.3) is 11.0 Å². The Hall–Kier alpha value is -2.30. The molecule has 1 N–H and O–H groups in total. The van der Waals surface area contributed by atoms with Crippen molar-refractivity contribution in [1.82, 2.24) is 0 Å². The molecule has 3 aromatic rings. The highest BCUT2D eigenvalue weighted by Crippen LogP contribution is 2.33. The highest BCUT2D eigenvalue weighted by Gasteiger charge is 2.25. The van der Waals surface area contributed by atoms with E-state index < -0.39 is 0 Å². The van der Waals surface area contributed by atoms with Crippen LogP contribution in [0.5, 0.6) is 5.75 Å². The predicted molar refractivity (Wildman–Crippen MR) is 107 cm³/mol. The Labute approximate surface area is 163 Å². The van der Waals surface area contributed by atoms with Crippen molar-refractivity contribution >= 4 is 22.6 Å². The van der Waals surface area contributed by atoms with Crippen LogP contribution in [0.15, 0.2) is 39.5 Å². The lowest BCUT2D eigenvalue weighted by molar-refractivity contribution is -0.932. The second-order valence-electron chi connectivity index (χ2n) is 7.35. The highest BCUT2D eigenvalue weighted by molar-refractivity contribution is 6.30. The van der Waals surface area contributed by atoms with E-state index >= 15 is 0 Å². The molecule has 0 saturated heterocycles. The number of halogens is 1. The Morgan fingerprint density at radius 3 is 2.56 bits per heavy atom. The molecule has 0 amide bonds. The Bertz CT molecular complexity index is 1070. The summed E-state index contributed by atoms with van der Waals surface area (Å²) in [5.74, 6) is 0.865. The van der Waals surface area contributed by atoms with E-state index in [9.17, 15) is 4.79 Å². The zero-order chi connectivity index (χ0) is 19.1. The highest BCUT2D eigenvalue weighted by atomic mass is 35.5. The number of hydrogen-bond donors (Lipinski definition) is 1. The number of quaternary nitrogens is 1. The van der Waals surface area contributed by atoms with Crippen molar-refractivity contribution in [2.24, 2.45) is 0 Å². The lowest BCUT2D eigenvalue weighted by Crippen LogP contribution is -3.12. The van der Waals surface area contributed by atoms with Crippen LogP contribution in [0.1, 0.15) is 27.8 Å². The van der Waals surface area contributed by atoms with Gasteiger partial charge in [0.25, 0.3) is 0 Å². The van der Waals surface area contributed by atoms with E-state index in [0.717, 1.165) is 46.8 Å². The van der Waals surface area contributed by atoms with Gasteiger partial charge in [0.2, 0.25) is 6.73 Å². The van der Waals surface area contributed by atoms with E-state index in [-0.39, 0.29) is 5.63 Å². The maximum Gasteiger partial charge on any atom is 0.339 e. The number of benzene rings is 2. The molecule has 4 nitrogen and oxygen atoms in total. The standard InChI is InChI=1S/C22H22ClNO3/c1-13-14(2)22(25)27-21-15(3)20-17(10-19(13)21)11-24(12-26-20)9-8-16-4-6-18(23)7-5-16/h4-7,10H,8-9,11-12H2,1-3H3/p+1. The second-order valence-corrected chi connectivity index (χ2v) is 7.78. The molecule has 1 aliphatic heterocycles. The molecular weight excluding hydrogens is 362 g/mol. The van der Waals surface area contributed by atoms with Crippen molar-refractivity contribution in [1.29, 1.82) is 0 Å². The molecule has 5 heteroatoms. The first-order valence-corrected chi connectivity index (χ1v) is 9.59. The van der Waals surface area contributed by atoms with Crippen molar-refractivity contribution in [2.45, 2.75) is 33.7 Å². The fraction of sp³-hybridized carbons (Fsp3) is 0.318. The van der Waals surface area contributed by atoms with Crippen molar-refractivity contribution in [3.05, 3.63) is 73.6 Å². The van der Waals surface area contributed by atoms with E-state index in [4.69, 9.17) is 20.8 Å². The van der Waals surface area contributed by atoms with Gasteiger partial charge < -0.3 is 9.15 Å². The van der Waals surface area contributed by atoms with Crippen molar-refractivity contribution in [3.63, 3.8) is 0 Å². The average Bonchev–Trinajstić information content (AvgIpc) is 2.67. The summed E-state index contributed by atoms with van der Waals surface area (Å²) in [7, 11) is 0. The Balaban J connectivity index is 1.61. The SMILES string of the molecule is Cc1c(C)c2cc3c(c(C)c2oc1=O)OC[NH+](CCc1ccc(Cl)cc1)C3. The molecule has 0 aliphatic carbocycles. The van der Waals surface area contributed by atoms with Crippen LogP contribution in [-0.4, -0.2) is 13.3 Å². The minimum Gasteiger partial charge on any atom is -0.444 e. The minimum absolute atomic E-state index is 0.269. The Morgan fingerprint density at radius 1 is 1.07 bits per heavy atom. The average molecular weight is 385 g/mol. The zero-order valence-electron chi connectivity index (χ0n) is 15.8. The van der Waals surface area contributed by atoms with Crippen molar-refractivity contribution in [3.8, 4) is 5.75 Å². The topological polar surface area (TPSA) is 43.9 Å². The molecule has 0 fully saturated rings. The number of aryl methyl sites for hydroxylation is 2. The maximum atomic E-state index is 12.0. The number of hydrogen-bond acceptors (Lipinski definition) is 3. The molecule has 0 saturated carbocycles. The third-order valence-electron chi connectivity index (χ3n) is 5.55. The van der Waals surface area contributed by atoms with Gasteiger partial charge >= 0.3 is 5.63 Å². The molecule has 1 aliphatic rings. The van der Waals surface area contributed by atoms with E-state index in [1.54, 1.807) is 0 Å². The molecule has 2 heterocycles. The fourth-order valence-corrected chi connectivity index (χ4v) is 3.87. The third-order valence-corrected chi connectivity index (χ3v) is 5.80. The number of fused-ring (bicyclic) bond motifs is 2. The summed E-state index contributed by atoms with van der Waals surface area (Å²) in [5.41, 5.74) is 5.40. The van der Waals surface area contributed by atoms with Crippen LogP contribution in [0, 0.1) is 20.8 Å². The molecule has 4 rings (SSSR count). The fourth-order valence-electron chi connectivity index (χ4n) is 3.75. The van der Waals surface area contributed by atoms with Gasteiger partial charge in [-0.2, -0.15) is 0 Å². The van der Waals surface area contributed by atoms with Gasteiger partial charge in [-0.1, -0.05) is 23.7 Å². The van der Waals surface area contributed by atoms with Crippen LogP contribution in [0.2, 0.25) is 5.02 Å². The van der Waals surface area contributed by atoms with Crippen LogP contribution >= 0.6 is 11.6 Å². The van der Waals surface area contributed by atoms with Crippen LogP contribution in [-0.2, 0) is 13.0 Å². The quantitative estimate of drug-likeness (QED) is 0.704. The molecule has 140 valence electrons. The summed E-state index contributed by atoms with van der Waals surface area (Å²) < 4.78 is 11.6. The summed E-state index contributed by atoms with van der Waals surface area (Å²) in [6.07, 6.45) is 0.977. The first kappa shape index (κ1) is 18.1. The van der Waals surface area contributed by atoms with Crippen LogP contribution < -0.4 is 15.3 Å². The molecule has 1 aromatic heterocycles. The lowest BCUT2D eigenvalue weighted by atomic mass is 9.99. The summed E-state index contributed by atoms with van der Waals surface area (Å²) in [4.78, 5) is 13.4. The summed E-state index contributed by atoms with van der Waals surface area (Å²) in [6, 6.07) is 10.1. The smallest absolute Gasteiger partial charge is 0.339 e. The van der Waals surface area contributed by atoms with E-state index in [1.165, 1.54) is 16.0 Å². The Kier molecular flexibility index (Phi) is 4.70. The van der Waals surface area contributed by atoms with Gasteiger partial charge in [-0.3, -0.25) is 4.90 Å². The molecular formula is C22H23ClNO3+. The molecule has 2 aromatic carbocycles. The molecule has 0 spiro atoms. The van der Waals surface area contributed by atoms with Gasteiger partial charge in [0, 0.05) is 33.5 Å². The summed E-state index contributed by atoms with van der Waals surface area (Å²) in [6.45, 7) is 8.27. The minimum atomic E-state index is -0.269. The van der Waals surface area contributed by atoms with Crippen molar-refractivity contribution in [2.75, 3.05) is 13.3 Å². The molecule has 1 unspecified atom stereocenters. The third kappa shape index (κ3) is 3.35. The summed E-state index contributed by atoms with van der Waals surface area (Å²) >= 11 is 5.96. The van der Waals surface area contributed by atoms with Gasteiger partial charge in [-0.15, -0.1) is 0 Å².